The van der Waals surface area contributed by atoms with Crippen molar-refractivity contribution < 1.29 is 13.5 Å². The van der Waals surface area contributed by atoms with E-state index in [1.54, 1.807) is 11.9 Å². The highest BCUT2D eigenvalue weighted by Crippen LogP contribution is 2.29. The van der Waals surface area contributed by atoms with Gasteiger partial charge in [-0.3, -0.25) is 0 Å². The van der Waals surface area contributed by atoms with Crippen LogP contribution in [0.2, 0.25) is 0 Å². The van der Waals surface area contributed by atoms with Gasteiger partial charge in [0.1, 0.15) is 17.3 Å². The Morgan fingerprint density at radius 2 is 1.95 bits per heavy atom. The number of anilines is 1. The van der Waals surface area contributed by atoms with Crippen molar-refractivity contribution >= 4 is 5.69 Å². The molecular formula is C16H24F2N2O. The maximum Gasteiger partial charge on any atom is 0.149 e. The van der Waals surface area contributed by atoms with Crippen molar-refractivity contribution in [2.24, 2.45) is 11.7 Å². The molecule has 5 heteroatoms. The van der Waals surface area contributed by atoms with E-state index in [4.69, 9.17) is 10.5 Å². The predicted octanol–water partition coefficient (Wildman–Crippen LogP) is 2.72. The van der Waals surface area contributed by atoms with E-state index in [9.17, 15) is 8.78 Å². The van der Waals surface area contributed by atoms with Crippen molar-refractivity contribution in [1.29, 1.82) is 0 Å². The summed E-state index contributed by atoms with van der Waals surface area (Å²) in [4.78, 5) is 1.56. The Morgan fingerprint density at radius 3 is 2.48 bits per heavy atom. The van der Waals surface area contributed by atoms with Gasteiger partial charge in [-0.1, -0.05) is 0 Å². The molecular weight excluding hydrogens is 274 g/mol. The molecule has 21 heavy (non-hydrogen) atoms. The molecule has 0 heterocycles. The van der Waals surface area contributed by atoms with Gasteiger partial charge >= 0.3 is 0 Å². The molecule has 1 aromatic rings. The molecule has 0 saturated heterocycles. The highest BCUT2D eigenvalue weighted by molar-refractivity contribution is 5.50. The van der Waals surface area contributed by atoms with E-state index >= 15 is 0 Å². The van der Waals surface area contributed by atoms with Crippen molar-refractivity contribution in [1.82, 2.24) is 0 Å². The number of halogens is 2. The van der Waals surface area contributed by atoms with Crippen molar-refractivity contribution in [3.05, 3.63) is 29.3 Å². The van der Waals surface area contributed by atoms with Crippen LogP contribution in [0.5, 0.6) is 0 Å². The van der Waals surface area contributed by atoms with Gasteiger partial charge in [0.25, 0.3) is 0 Å². The number of likely N-dealkylation sites (N-methyl/N-ethyl adjacent to an activating group) is 1. The minimum Gasteiger partial charge on any atom is -0.379 e. The van der Waals surface area contributed by atoms with Crippen LogP contribution < -0.4 is 10.6 Å². The average Bonchev–Trinajstić information content (AvgIpc) is 3.16. The highest BCUT2D eigenvalue weighted by atomic mass is 19.1. The van der Waals surface area contributed by atoms with Crippen LogP contribution in [0.3, 0.4) is 0 Å². The molecule has 1 fully saturated rings. The van der Waals surface area contributed by atoms with Gasteiger partial charge in [0.05, 0.1) is 6.61 Å². The van der Waals surface area contributed by atoms with Gasteiger partial charge in [0.2, 0.25) is 0 Å². The molecule has 0 amide bonds. The van der Waals surface area contributed by atoms with Gasteiger partial charge < -0.3 is 15.4 Å². The van der Waals surface area contributed by atoms with Gasteiger partial charge in [-0.05, 0) is 49.8 Å². The van der Waals surface area contributed by atoms with E-state index in [0.29, 0.717) is 31.1 Å². The van der Waals surface area contributed by atoms with E-state index in [1.165, 1.54) is 25.0 Å². The van der Waals surface area contributed by atoms with Crippen LogP contribution in [0.4, 0.5) is 14.5 Å². The third kappa shape index (κ3) is 4.93. The predicted molar refractivity (Wildman–Crippen MR) is 80.5 cm³/mol. The zero-order chi connectivity index (χ0) is 15.4. The topological polar surface area (TPSA) is 38.5 Å². The van der Waals surface area contributed by atoms with Crippen LogP contribution in [0.15, 0.2) is 12.1 Å². The summed E-state index contributed by atoms with van der Waals surface area (Å²) >= 11 is 0. The molecule has 0 radical (unpaired) electrons. The molecule has 0 spiro atoms. The van der Waals surface area contributed by atoms with Crippen LogP contribution in [0.25, 0.3) is 0 Å². The van der Waals surface area contributed by atoms with E-state index in [1.807, 2.05) is 6.92 Å². The van der Waals surface area contributed by atoms with Crippen LogP contribution in [-0.2, 0) is 11.2 Å². The third-order valence-corrected chi connectivity index (χ3v) is 3.64. The molecule has 118 valence electrons. The SMILES string of the molecule is CC(N)Cc1cc(F)c(N(C)CCOCC2CC2)c(F)c1. The van der Waals surface area contributed by atoms with Gasteiger partial charge in [-0.2, -0.15) is 0 Å². The molecule has 0 aromatic heterocycles. The Kier molecular flexibility index (Phi) is 5.53. The Balaban J connectivity index is 1.93. The first-order chi connectivity index (χ1) is 9.97. The van der Waals surface area contributed by atoms with Crippen molar-refractivity contribution in [2.75, 3.05) is 31.7 Å². The van der Waals surface area contributed by atoms with E-state index in [0.717, 1.165) is 6.61 Å². The zero-order valence-corrected chi connectivity index (χ0v) is 12.7. The second-order valence-electron chi connectivity index (χ2n) is 6.03. The van der Waals surface area contributed by atoms with Gasteiger partial charge in [0, 0.05) is 26.2 Å². The Hall–Kier alpha value is -1.20. The van der Waals surface area contributed by atoms with Crippen LogP contribution >= 0.6 is 0 Å². The fourth-order valence-electron chi connectivity index (χ4n) is 2.32. The van der Waals surface area contributed by atoms with E-state index < -0.39 is 11.6 Å². The summed E-state index contributed by atoms with van der Waals surface area (Å²) in [6.45, 7) is 3.51. The summed E-state index contributed by atoms with van der Waals surface area (Å²) in [6, 6.07) is 2.61. The van der Waals surface area contributed by atoms with Crippen molar-refractivity contribution in [3.63, 3.8) is 0 Å². The second-order valence-corrected chi connectivity index (χ2v) is 6.03. The Bertz CT molecular complexity index is 452. The van der Waals surface area contributed by atoms with Crippen LogP contribution in [0, 0.1) is 17.6 Å². The summed E-state index contributed by atoms with van der Waals surface area (Å²) < 4.78 is 33.7. The summed E-state index contributed by atoms with van der Waals surface area (Å²) in [6.07, 6.45) is 2.93. The zero-order valence-electron chi connectivity index (χ0n) is 12.7. The minimum absolute atomic E-state index is 0.00144. The van der Waals surface area contributed by atoms with Crippen molar-refractivity contribution in [2.45, 2.75) is 32.2 Å². The number of hydrogen-bond acceptors (Lipinski definition) is 3. The normalized spacial score (nSPS) is 16.0. The van der Waals surface area contributed by atoms with E-state index in [2.05, 4.69) is 0 Å². The molecule has 1 aliphatic carbocycles. The molecule has 0 bridgehead atoms. The summed E-state index contributed by atoms with van der Waals surface area (Å²) in [5.41, 5.74) is 6.24. The number of ether oxygens (including phenoxy) is 1. The quantitative estimate of drug-likeness (QED) is 0.750. The third-order valence-electron chi connectivity index (χ3n) is 3.64. The number of rotatable bonds is 8. The molecule has 3 nitrogen and oxygen atoms in total. The van der Waals surface area contributed by atoms with Gasteiger partial charge in [0.15, 0.2) is 0 Å². The molecule has 1 aromatic carbocycles. The molecule has 1 unspecified atom stereocenters. The molecule has 2 N–H and O–H groups in total. The monoisotopic (exact) mass is 298 g/mol. The fraction of sp³-hybridized carbons (Fsp3) is 0.625. The standard InChI is InChI=1S/C16H24F2N2O/c1-11(19)7-13-8-14(17)16(15(18)9-13)20(2)5-6-21-10-12-3-4-12/h8-9,11-12H,3-7,10,19H2,1-2H3. The number of nitrogens with two attached hydrogens (primary N) is 1. The van der Waals surface area contributed by atoms with E-state index in [-0.39, 0.29) is 11.7 Å². The summed E-state index contributed by atoms with van der Waals surface area (Å²) in [5, 5.41) is 0. The molecule has 1 aliphatic rings. The first-order valence-corrected chi connectivity index (χ1v) is 7.49. The van der Waals surface area contributed by atoms with Crippen LogP contribution in [0.1, 0.15) is 25.3 Å². The average molecular weight is 298 g/mol. The van der Waals surface area contributed by atoms with Gasteiger partial charge in [-0.15, -0.1) is 0 Å². The maximum absolute atomic E-state index is 14.1. The lowest BCUT2D eigenvalue weighted by molar-refractivity contribution is 0.130. The summed E-state index contributed by atoms with van der Waals surface area (Å²) in [5.74, 6) is -0.396. The summed E-state index contributed by atoms with van der Waals surface area (Å²) in [7, 11) is 1.67. The Morgan fingerprint density at radius 1 is 1.33 bits per heavy atom. The largest absolute Gasteiger partial charge is 0.379 e. The second kappa shape index (κ2) is 7.18. The Labute approximate surface area is 125 Å². The molecule has 2 rings (SSSR count). The minimum atomic E-state index is -0.546. The first kappa shape index (κ1) is 16.2. The lowest BCUT2D eigenvalue weighted by atomic mass is 10.1. The number of benzene rings is 1. The number of nitrogens with zero attached hydrogens (tertiary/aromatic N) is 1. The molecule has 1 saturated carbocycles. The maximum atomic E-state index is 14.1. The fourth-order valence-corrected chi connectivity index (χ4v) is 2.32. The smallest absolute Gasteiger partial charge is 0.149 e. The lowest BCUT2D eigenvalue weighted by Gasteiger charge is -2.21. The number of hydrogen-bond donors (Lipinski definition) is 1. The van der Waals surface area contributed by atoms with Crippen molar-refractivity contribution in [3.8, 4) is 0 Å². The van der Waals surface area contributed by atoms with Crippen LogP contribution in [-0.4, -0.2) is 32.8 Å². The van der Waals surface area contributed by atoms with Gasteiger partial charge in [-0.25, -0.2) is 8.78 Å². The lowest BCUT2D eigenvalue weighted by Crippen LogP contribution is -2.25. The first-order valence-electron chi connectivity index (χ1n) is 7.49. The molecule has 1 atom stereocenters. The highest BCUT2D eigenvalue weighted by Gasteiger charge is 2.21. The molecule has 0 aliphatic heterocycles.